The third kappa shape index (κ3) is 6.22. The number of amides is 1. The third-order valence-electron chi connectivity index (χ3n) is 2.96. The number of benzene rings is 1. The van der Waals surface area contributed by atoms with Crippen LogP contribution in [0.15, 0.2) is 24.3 Å². The lowest BCUT2D eigenvalue weighted by atomic mass is 10.1. The quantitative estimate of drug-likeness (QED) is 0.514. The average Bonchev–Trinajstić information content (AvgIpc) is 2.41. The first-order valence-corrected chi connectivity index (χ1v) is 6.64. The van der Waals surface area contributed by atoms with Crippen LogP contribution in [0.4, 0.5) is 0 Å². The Bertz CT molecular complexity index is 379. The van der Waals surface area contributed by atoms with Gasteiger partial charge < -0.3 is 21.9 Å². The fraction of sp³-hybridized carbons (Fsp3) is 0.500. The number of hydrogen-bond donors (Lipinski definition) is 4. The number of nitrogens with two attached hydrogens (primary N) is 2. The molecule has 0 aliphatic heterocycles. The highest BCUT2D eigenvalue weighted by Crippen LogP contribution is 2.09. The van der Waals surface area contributed by atoms with Gasteiger partial charge in [0.25, 0.3) is 0 Å². The molecule has 19 heavy (non-hydrogen) atoms. The Balaban J connectivity index is 2.21. The zero-order chi connectivity index (χ0) is 14.1. The summed E-state index contributed by atoms with van der Waals surface area (Å²) in [6, 6.07) is 6.49. The zero-order valence-electron chi connectivity index (χ0n) is 11.1. The molecule has 5 nitrogen and oxygen atoms in total. The molecule has 0 bridgehead atoms. The minimum Gasteiger partial charge on any atom is -0.508 e. The first-order chi connectivity index (χ1) is 9.13. The van der Waals surface area contributed by atoms with Crippen molar-refractivity contribution in [2.45, 2.75) is 31.7 Å². The normalized spacial score (nSPS) is 12.1. The van der Waals surface area contributed by atoms with Crippen LogP contribution in [0.3, 0.4) is 0 Å². The molecule has 0 saturated carbocycles. The van der Waals surface area contributed by atoms with Gasteiger partial charge in [0.15, 0.2) is 0 Å². The van der Waals surface area contributed by atoms with E-state index in [9.17, 15) is 4.79 Å². The first kappa shape index (κ1) is 15.5. The van der Waals surface area contributed by atoms with E-state index in [0.717, 1.165) is 24.8 Å². The van der Waals surface area contributed by atoms with Crippen molar-refractivity contribution in [1.82, 2.24) is 5.32 Å². The highest BCUT2D eigenvalue weighted by atomic mass is 16.3. The van der Waals surface area contributed by atoms with E-state index in [2.05, 4.69) is 5.32 Å². The number of carbonyl (C=O) groups is 1. The molecule has 0 saturated heterocycles. The number of unbranched alkanes of at least 4 members (excludes halogenated alkanes) is 1. The van der Waals surface area contributed by atoms with Crippen molar-refractivity contribution in [3.8, 4) is 5.75 Å². The van der Waals surface area contributed by atoms with Gasteiger partial charge in [-0.2, -0.15) is 0 Å². The predicted octanol–water partition coefficient (Wildman–Crippen LogP) is 0.507. The summed E-state index contributed by atoms with van der Waals surface area (Å²) in [5.41, 5.74) is 12.2. The standard InChI is InChI=1S/C14H23N3O2/c15-9-2-1-3-13(16)14(19)17-10-8-11-4-6-12(18)7-5-11/h4-7,13,18H,1-3,8-10,15-16H2,(H,17,19). The van der Waals surface area contributed by atoms with Gasteiger partial charge in [0.05, 0.1) is 6.04 Å². The summed E-state index contributed by atoms with van der Waals surface area (Å²) >= 11 is 0. The molecule has 0 radical (unpaired) electrons. The SMILES string of the molecule is NCCCCC(N)C(=O)NCCc1ccc(O)cc1. The molecule has 0 heterocycles. The highest BCUT2D eigenvalue weighted by molar-refractivity contribution is 5.81. The summed E-state index contributed by atoms with van der Waals surface area (Å²) in [5.74, 6) is 0.130. The fourth-order valence-corrected chi connectivity index (χ4v) is 1.76. The second kappa shape index (κ2) is 8.50. The lowest BCUT2D eigenvalue weighted by molar-refractivity contribution is -0.122. The van der Waals surface area contributed by atoms with Crippen LogP contribution in [0.2, 0.25) is 0 Å². The molecule has 1 unspecified atom stereocenters. The van der Waals surface area contributed by atoms with E-state index >= 15 is 0 Å². The molecule has 106 valence electrons. The predicted molar refractivity (Wildman–Crippen MR) is 75.7 cm³/mol. The summed E-state index contributed by atoms with van der Waals surface area (Å²) in [6.45, 7) is 1.18. The topological polar surface area (TPSA) is 101 Å². The molecular weight excluding hydrogens is 242 g/mol. The average molecular weight is 265 g/mol. The molecule has 1 aromatic rings. The van der Waals surface area contributed by atoms with Crippen molar-refractivity contribution in [1.29, 1.82) is 0 Å². The van der Waals surface area contributed by atoms with Crippen molar-refractivity contribution >= 4 is 5.91 Å². The second-order valence-electron chi connectivity index (χ2n) is 4.60. The molecule has 0 aromatic heterocycles. The number of phenols is 1. The molecule has 0 fully saturated rings. The first-order valence-electron chi connectivity index (χ1n) is 6.64. The van der Waals surface area contributed by atoms with E-state index in [1.807, 2.05) is 12.1 Å². The minimum atomic E-state index is -0.452. The molecule has 1 amide bonds. The Morgan fingerprint density at radius 2 is 1.95 bits per heavy atom. The van der Waals surface area contributed by atoms with Gasteiger partial charge in [-0.05, 0) is 43.5 Å². The Morgan fingerprint density at radius 3 is 2.58 bits per heavy atom. The third-order valence-corrected chi connectivity index (χ3v) is 2.96. The van der Waals surface area contributed by atoms with Crippen LogP contribution in [-0.4, -0.2) is 30.1 Å². The summed E-state index contributed by atoms with van der Waals surface area (Å²) < 4.78 is 0. The van der Waals surface area contributed by atoms with Gasteiger partial charge in [-0.1, -0.05) is 18.6 Å². The Morgan fingerprint density at radius 1 is 1.26 bits per heavy atom. The van der Waals surface area contributed by atoms with E-state index in [4.69, 9.17) is 16.6 Å². The molecule has 1 atom stereocenters. The summed E-state index contributed by atoms with van der Waals surface area (Å²) in [4.78, 5) is 11.7. The van der Waals surface area contributed by atoms with Crippen LogP contribution in [0.5, 0.6) is 5.75 Å². The van der Waals surface area contributed by atoms with Gasteiger partial charge >= 0.3 is 0 Å². The van der Waals surface area contributed by atoms with Crippen molar-refractivity contribution < 1.29 is 9.90 Å². The maximum absolute atomic E-state index is 11.7. The maximum atomic E-state index is 11.7. The summed E-state index contributed by atoms with van der Waals surface area (Å²) in [5, 5.41) is 12.0. The van der Waals surface area contributed by atoms with E-state index in [1.165, 1.54) is 0 Å². The van der Waals surface area contributed by atoms with Crippen LogP contribution in [0, 0.1) is 0 Å². The van der Waals surface area contributed by atoms with E-state index in [-0.39, 0.29) is 11.7 Å². The molecule has 0 aliphatic carbocycles. The molecular formula is C14H23N3O2. The van der Waals surface area contributed by atoms with Gasteiger partial charge in [-0.25, -0.2) is 0 Å². The lowest BCUT2D eigenvalue weighted by Crippen LogP contribution is -2.41. The summed E-state index contributed by atoms with van der Waals surface area (Å²) in [6.07, 6.45) is 3.17. The highest BCUT2D eigenvalue weighted by Gasteiger charge is 2.11. The number of aromatic hydroxyl groups is 1. The van der Waals surface area contributed by atoms with Crippen molar-refractivity contribution in [3.05, 3.63) is 29.8 Å². The van der Waals surface area contributed by atoms with Crippen LogP contribution in [-0.2, 0) is 11.2 Å². The van der Waals surface area contributed by atoms with Gasteiger partial charge in [-0.3, -0.25) is 4.79 Å². The molecule has 0 aliphatic rings. The zero-order valence-corrected chi connectivity index (χ0v) is 11.1. The number of carbonyl (C=O) groups excluding carboxylic acids is 1. The van der Waals surface area contributed by atoms with Crippen LogP contribution >= 0.6 is 0 Å². The fourth-order valence-electron chi connectivity index (χ4n) is 1.76. The summed E-state index contributed by atoms with van der Waals surface area (Å²) in [7, 11) is 0. The number of nitrogens with one attached hydrogen (secondary N) is 1. The van der Waals surface area contributed by atoms with Crippen LogP contribution < -0.4 is 16.8 Å². The molecule has 0 spiro atoms. The minimum absolute atomic E-state index is 0.115. The van der Waals surface area contributed by atoms with Crippen molar-refractivity contribution in [2.75, 3.05) is 13.1 Å². The molecule has 1 aromatic carbocycles. The Labute approximate surface area is 114 Å². The van der Waals surface area contributed by atoms with E-state index in [1.54, 1.807) is 12.1 Å². The Kier molecular flexibility index (Phi) is 6.92. The van der Waals surface area contributed by atoms with Gasteiger partial charge in [0.2, 0.25) is 5.91 Å². The molecule has 1 rings (SSSR count). The van der Waals surface area contributed by atoms with E-state index < -0.39 is 6.04 Å². The van der Waals surface area contributed by atoms with Crippen LogP contribution in [0.25, 0.3) is 0 Å². The van der Waals surface area contributed by atoms with E-state index in [0.29, 0.717) is 19.5 Å². The number of hydrogen-bond acceptors (Lipinski definition) is 4. The van der Waals surface area contributed by atoms with Crippen molar-refractivity contribution in [2.24, 2.45) is 11.5 Å². The molecule has 6 N–H and O–H groups in total. The Hall–Kier alpha value is -1.59. The number of rotatable bonds is 8. The lowest BCUT2D eigenvalue weighted by Gasteiger charge is -2.12. The van der Waals surface area contributed by atoms with Gasteiger partial charge in [0, 0.05) is 6.54 Å². The largest absolute Gasteiger partial charge is 0.508 e. The second-order valence-corrected chi connectivity index (χ2v) is 4.60. The number of phenolic OH excluding ortho intramolecular Hbond substituents is 1. The van der Waals surface area contributed by atoms with Gasteiger partial charge in [-0.15, -0.1) is 0 Å². The van der Waals surface area contributed by atoms with Crippen molar-refractivity contribution in [3.63, 3.8) is 0 Å². The van der Waals surface area contributed by atoms with Gasteiger partial charge in [0.1, 0.15) is 5.75 Å². The monoisotopic (exact) mass is 265 g/mol. The van der Waals surface area contributed by atoms with Crippen LogP contribution in [0.1, 0.15) is 24.8 Å². The molecule has 5 heteroatoms. The smallest absolute Gasteiger partial charge is 0.236 e. The maximum Gasteiger partial charge on any atom is 0.236 e.